The van der Waals surface area contributed by atoms with E-state index in [-0.39, 0.29) is 23.8 Å². The summed E-state index contributed by atoms with van der Waals surface area (Å²) in [7, 11) is 0. The fraction of sp³-hybridized carbons (Fsp3) is 0.286. The molecule has 0 spiro atoms. The molecule has 1 fully saturated rings. The van der Waals surface area contributed by atoms with E-state index in [2.05, 4.69) is 22.0 Å². The number of hydrogen-bond acceptors (Lipinski definition) is 6. The highest BCUT2D eigenvalue weighted by atomic mass is 35.5. The van der Waals surface area contributed by atoms with E-state index in [1.807, 2.05) is 53.4 Å². The first-order valence-electron chi connectivity index (χ1n) is 12.1. The van der Waals surface area contributed by atoms with E-state index in [0.717, 1.165) is 17.5 Å². The van der Waals surface area contributed by atoms with Crippen LogP contribution in [0.4, 0.5) is 0 Å². The number of pyridine rings is 1. The number of carbonyl (C=O) groups excluding carboxylic acids is 1. The number of aromatic nitrogens is 3. The molecule has 4 aromatic rings. The molecular formula is C28H26Cl2N4O3. The van der Waals surface area contributed by atoms with Crippen LogP contribution in [0.25, 0.3) is 11.4 Å². The number of aryl methyl sites for hydroxylation is 1. The van der Waals surface area contributed by atoms with Crippen molar-refractivity contribution in [3.63, 3.8) is 0 Å². The molecule has 37 heavy (non-hydrogen) atoms. The molecular weight excluding hydrogens is 511 g/mol. The van der Waals surface area contributed by atoms with Gasteiger partial charge >= 0.3 is 0 Å². The monoisotopic (exact) mass is 536 g/mol. The topological polar surface area (TPSA) is 81.4 Å². The molecule has 3 unspecified atom stereocenters. The minimum absolute atomic E-state index is 0.0128. The van der Waals surface area contributed by atoms with Crippen LogP contribution in [-0.2, 0) is 0 Å². The third-order valence-corrected chi connectivity index (χ3v) is 7.25. The van der Waals surface area contributed by atoms with Crippen molar-refractivity contribution in [2.45, 2.75) is 32.3 Å². The number of likely N-dealkylation sites (tertiary alicyclic amines) is 1. The van der Waals surface area contributed by atoms with Crippen molar-refractivity contribution in [1.82, 2.24) is 20.0 Å². The molecule has 0 saturated carbocycles. The van der Waals surface area contributed by atoms with Gasteiger partial charge in [0.2, 0.25) is 17.6 Å². The van der Waals surface area contributed by atoms with Gasteiger partial charge in [-0.2, -0.15) is 4.98 Å². The summed E-state index contributed by atoms with van der Waals surface area (Å²) in [6, 6.07) is 18.7. The minimum Gasteiger partial charge on any atom is -0.474 e. The Bertz CT molecular complexity index is 1360. The third kappa shape index (κ3) is 5.78. The summed E-state index contributed by atoms with van der Waals surface area (Å²) in [5, 5.41) is 5.18. The minimum atomic E-state index is -0.121. The molecule has 3 heterocycles. The summed E-state index contributed by atoms with van der Waals surface area (Å²) in [4.78, 5) is 23.9. The lowest BCUT2D eigenvalue weighted by Crippen LogP contribution is -2.46. The van der Waals surface area contributed by atoms with Crippen molar-refractivity contribution in [3.05, 3.63) is 93.9 Å². The lowest BCUT2D eigenvalue weighted by atomic mass is 9.77. The van der Waals surface area contributed by atoms with Crippen LogP contribution in [0.1, 0.15) is 41.1 Å². The van der Waals surface area contributed by atoms with Crippen molar-refractivity contribution < 1.29 is 14.1 Å². The summed E-state index contributed by atoms with van der Waals surface area (Å²) in [5.41, 5.74) is 2.54. The van der Waals surface area contributed by atoms with E-state index in [9.17, 15) is 4.79 Å². The summed E-state index contributed by atoms with van der Waals surface area (Å²) < 4.78 is 11.3. The largest absolute Gasteiger partial charge is 0.474 e. The van der Waals surface area contributed by atoms with Crippen molar-refractivity contribution in [2.24, 2.45) is 5.92 Å². The van der Waals surface area contributed by atoms with Crippen LogP contribution in [0.15, 0.2) is 71.4 Å². The predicted molar refractivity (Wildman–Crippen MR) is 142 cm³/mol. The Kier molecular flexibility index (Phi) is 7.44. The Labute approximate surface area is 225 Å². The molecule has 190 valence electrons. The van der Waals surface area contributed by atoms with E-state index < -0.39 is 0 Å². The van der Waals surface area contributed by atoms with Crippen LogP contribution in [0, 0.1) is 12.8 Å². The number of rotatable bonds is 6. The van der Waals surface area contributed by atoms with E-state index >= 15 is 0 Å². The Balaban J connectivity index is 1.34. The van der Waals surface area contributed by atoms with Gasteiger partial charge in [0, 0.05) is 60.3 Å². The third-order valence-electron chi connectivity index (χ3n) is 6.78. The smallest absolute Gasteiger partial charge is 0.253 e. The number of amides is 1. The second-order valence-corrected chi connectivity index (χ2v) is 10.1. The SMILES string of the molecule is Cc1nc(-c2ccc(C(=O)N3CCC(C(C)Oc4ccc(Cl)cn4)C(c4ccc(Cl)cc4)C3)cc2)no1. The van der Waals surface area contributed by atoms with Crippen molar-refractivity contribution in [3.8, 4) is 17.3 Å². The summed E-state index contributed by atoms with van der Waals surface area (Å²) >= 11 is 12.1. The second kappa shape index (κ2) is 10.9. The van der Waals surface area contributed by atoms with Crippen LogP contribution in [0.5, 0.6) is 5.88 Å². The van der Waals surface area contributed by atoms with E-state index in [0.29, 0.717) is 46.3 Å². The van der Waals surface area contributed by atoms with Crippen LogP contribution >= 0.6 is 23.2 Å². The molecule has 5 rings (SSSR count). The standard InChI is InChI=1S/C28H26Cl2N4O3/c1-17(36-26-12-11-23(30)15-31-26)24-13-14-34(16-25(24)19-7-9-22(29)10-8-19)28(35)21-5-3-20(4-6-21)27-32-18(2)37-33-27/h3-12,15,17,24-25H,13-14,16H2,1-2H3. The number of piperidine rings is 1. The van der Waals surface area contributed by atoms with Crippen molar-refractivity contribution >= 4 is 29.1 Å². The molecule has 0 bridgehead atoms. The normalized spacial score (nSPS) is 18.4. The lowest BCUT2D eigenvalue weighted by molar-refractivity contribution is 0.0484. The maximum atomic E-state index is 13.5. The molecule has 2 aromatic heterocycles. The zero-order valence-electron chi connectivity index (χ0n) is 20.5. The summed E-state index contributed by atoms with van der Waals surface area (Å²) in [6.45, 7) is 4.99. The van der Waals surface area contributed by atoms with Crippen molar-refractivity contribution in [1.29, 1.82) is 0 Å². The highest BCUT2D eigenvalue weighted by Gasteiger charge is 2.37. The van der Waals surface area contributed by atoms with E-state index in [4.69, 9.17) is 32.5 Å². The Morgan fingerprint density at radius 2 is 1.78 bits per heavy atom. The lowest BCUT2D eigenvalue weighted by Gasteiger charge is -2.41. The van der Waals surface area contributed by atoms with Crippen LogP contribution in [0.3, 0.4) is 0 Å². The highest BCUT2D eigenvalue weighted by Crippen LogP contribution is 2.37. The van der Waals surface area contributed by atoms with Gasteiger partial charge in [0.1, 0.15) is 6.10 Å². The van der Waals surface area contributed by atoms with Gasteiger partial charge in [0.25, 0.3) is 5.91 Å². The first-order valence-corrected chi connectivity index (χ1v) is 12.9. The molecule has 1 aliphatic heterocycles. The zero-order chi connectivity index (χ0) is 25.9. The van der Waals surface area contributed by atoms with Gasteiger partial charge < -0.3 is 14.2 Å². The van der Waals surface area contributed by atoms with Gasteiger partial charge in [-0.1, -0.05) is 52.6 Å². The van der Waals surface area contributed by atoms with Gasteiger partial charge in [-0.3, -0.25) is 4.79 Å². The van der Waals surface area contributed by atoms with E-state index in [1.54, 1.807) is 25.3 Å². The fourth-order valence-electron chi connectivity index (χ4n) is 4.85. The fourth-order valence-corrected chi connectivity index (χ4v) is 5.09. The predicted octanol–water partition coefficient (Wildman–Crippen LogP) is 6.46. The van der Waals surface area contributed by atoms with E-state index in [1.165, 1.54) is 0 Å². The zero-order valence-corrected chi connectivity index (χ0v) is 22.0. The molecule has 1 aliphatic rings. The summed E-state index contributed by atoms with van der Waals surface area (Å²) in [6.07, 6.45) is 2.24. The quantitative estimate of drug-likeness (QED) is 0.281. The molecule has 3 atom stereocenters. The Morgan fingerprint density at radius 1 is 1.05 bits per heavy atom. The average molecular weight is 537 g/mol. The number of benzene rings is 2. The first-order chi connectivity index (χ1) is 17.9. The van der Waals surface area contributed by atoms with Gasteiger partial charge in [0.15, 0.2) is 0 Å². The second-order valence-electron chi connectivity index (χ2n) is 9.21. The average Bonchev–Trinajstić information content (AvgIpc) is 3.36. The molecule has 0 aliphatic carbocycles. The number of nitrogens with zero attached hydrogens (tertiary/aromatic N) is 4. The maximum Gasteiger partial charge on any atom is 0.253 e. The molecule has 1 saturated heterocycles. The molecule has 2 aromatic carbocycles. The Hall–Kier alpha value is -3.42. The van der Waals surface area contributed by atoms with Crippen molar-refractivity contribution in [2.75, 3.05) is 13.1 Å². The Morgan fingerprint density at radius 3 is 2.43 bits per heavy atom. The van der Waals surface area contributed by atoms with Gasteiger partial charge in [-0.25, -0.2) is 4.98 Å². The summed E-state index contributed by atoms with van der Waals surface area (Å²) in [5.74, 6) is 1.76. The number of hydrogen-bond donors (Lipinski definition) is 0. The first kappa shape index (κ1) is 25.2. The molecule has 0 radical (unpaired) electrons. The maximum absolute atomic E-state index is 13.5. The van der Waals surface area contributed by atoms with Gasteiger partial charge in [0.05, 0.1) is 5.02 Å². The highest BCUT2D eigenvalue weighted by molar-refractivity contribution is 6.30. The van der Waals surface area contributed by atoms with Gasteiger partial charge in [-0.15, -0.1) is 0 Å². The number of halogens is 2. The molecule has 7 nitrogen and oxygen atoms in total. The van der Waals surface area contributed by atoms with Crippen LogP contribution in [-0.4, -0.2) is 45.1 Å². The van der Waals surface area contributed by atoms with Crippen LogP contribution in [0.2, 0.25) is 10.0 Å². The molecule has 1 amide bonds. The van der Waals surface area contributed by atoms with Gasteiger partial charge in [-0.05, 0) is 49.2 Å². The number of carbonyl (C=O) groups is 1. The van der Waals surface area contributed by atoms with Crippen LogP contribution < -0.4 is 4.74 Å². The molecule has 9 heteroatoms. The molecule has 0 N–H and O–H groups in total. The number of ether oxygens (including phenoxy) is 1.